The topological polar surface area (TPSA) is 55.4 Å². The first-order valence-electron chi connectivity index (χ1n) is 6.25. The average molecular weight is 350 g/mol. The highest BCUT2D eigenvalue weighted by atomic mass is 79.9. The van der Waals surface area contributed by atoms with E-state index in [9.17, 15) is 8.42 Å². The van der Waals surface area contributed by atoms with E-state index in [0.717, 1.165) is 10.0 Å². The van der Waals surface area contributed by atoms with Crippen LogP contribution in [0.3, 0.4) is 0 Å². The molecule has 0 bridgehead atoms. The highest BCUT2D eigenvalue weighted by Gasteiger charge is 2.12. The minimum Gasteiger partial charge on any atom is -0.491 e. The van der Waals surface area contributed by atoms with Crippen LogP contribution in [0.4, 0.5) is 0 Å². The molecular formula is C13H20BrNO3S. The Labute approximate surface area is 123 Å². The molecule has 0 radical (unpaired) electrons. The van der Waals surface area contributed by atoms with Crippen LogP contribution in [0.25, 0.3) is 0 Å². The van der Waals surface area contributed by atoms with Crippen molar-refractivity contribution in [3.63, 3.8) is 0 Å². The van der Waals surface area contributed by atoms with Gasteiger partial charge in [0.25, 0.3) is 0 Å². The number of hydrogen-bond acceptors (Lipinski definition) is 4. The molecule has 19 heavy (non-hydrogen) atoms. The molecule has 1 N–H and O–H groups in total. The van der Waals surface area contributed by atoms with Crippen LogP contribution in [-0.4, -0.2) is 33.6 Å². The van der Waals surface area contributed by atoms with E-state index in [0.29, 0.717) is 18.7 Å². The van der Waals surface area contributed by atoms with Gasteiger partial charge >= 0.3 is 0 Å². The van der Waals surface area contributed by atoms with Gasteiger partial charge in [-0.3, -0.25) is 0 Å². The van der Waals surface area contributed by atoms with Crippen molar-refractivity contribution in [1.82, 2.24) is 5.32 Å². The fourth-order valence-corrected chi connectivity index (χ4v) is 3.41. The number of para-hydroxylation sites is 1. The van der Waals surface area contributed by atoms with Crippen molar-refractivity contribution in [3.8, 4) is 5.75 Å². The zero-order chi connectivity index (χ0) is 14.3. The zero-order valence-electron chi connectivity index (χ0n) is 11.3. The molecule has 6 heteroatoms. The molecule has 0 saturated heterocycles. The van der Waals surface area contributed by atoms with Gasteiger partial charge in [-0.1, -0.05) is 19.1 Å². The number of sulfone groups is 1. The van der Waals surface area contributed by atoms with Crippen molar-refractivity contribution >= 4 is 25.8 Å². The van der Waals surface area contributed by atoms with Gasteiger partial charge in [-0.2, -0.15) is 0 Å². The molecule has 1 aromatic rings. The SMILES string of the molecule is CCCS(=O)(=O)CCOc1c(Br)cccc1CNC. The second-order valence-corrected chi connectivity index (χ2v) is 7.42. The lowest BCUT2D eigenvalue weighted by Gasteiger charge is -2.13. The van der Waals surface area contributed by atoms with Crippen LogP contribution in [0.2, 0.25) is 0 Å². The molecule has 0 unspecified atom stereocenters. The van der Waals surface area contributed by atoms with Crippen LogP contribution in [-0.2, 0) is 16.4 Å². The third-order valence-electron chi connectivity index (χ3n) is 2.57. The third kappa shape index (κ3) is 5.50. The maximum Gasteiger partial charge on any atom is 0.153 e. The van der Waals surface area contributed by atoms with Gasteiger partial charge in [0.15, 0.2) is 9.84 Å². The molecule has 1 rings (SSSR count). The van der Waals surface area contributed by atoms with Gasteiger partial charge in [0.05, 0.1) is 16.0 Å². The second-order valence-electron chi connectivity index (χ2n) is 4.26. The first kappa shape index (κ1) is 16.5. The summed E-state index contributed by atoms with van der Waals surface area (Å²) in [5, 5.41) is 3.06. The summed E-state index contributed by atoms with van der Waals surface area (Å²) in [7, 11) is -1.14. The van der Waals surface area contributed by atoms with Crippen LogP contribution < -0.4 is 10.1 Å². The van der Waals surface area contributed by atoms with Crippen molar-refractivity contribution in [3.05, 3.63) is 28.2 Å². The number of benzene rings is 1. The van der Waals surface area contributed by atoms with Crippen molar-refractivity contribution < 1.29 is 13.2 Å². The highest BCUT2D eigenvalue weighted by Crippen LogP contribution is 2.29. The molecule has 0 aromatic heterocycles. The Morgan fingerprint density at radius 1 is 1.32 bits per heavy atom. The standard InChI is InChI=1S/C13H20BrNO3S/c1-3-8-19(16,17)9-7-18-13-11(10-15-2)5-4-6-12(13)14/h4-6,15H,3,7-10H2,1-2H3. The quantitative estimate of drug-likeness (QED) is 0.782. The van der Waals surface area contributed by atoms with E-state index in [1.807, 2.05) is 32.2 Å². The molecule has 0 heterocycles. The van der Waals surface area contributed by atoms with Gasteiger partial charge in [-0.25, -0.2) is 8.42 Å². The van der Waals surface area contributed by atoms with E-state index < -0.39 is 9.84 Å². The van der Waals surface area contributed by atoms with E-state index in [4.69, 9.17) is 4.74 Å². The van der Waals surface area contributed by atoms with Crippen molar-refractivity contribution in [2.75, 3.05) is 25.2 Å². The Balaban J connectivity index is 2.67. The third-order valence-corrected chi connectivity index (χ3v) is 5.02. The molecule has 4 nitrogen and oxygen atoms in total. The molecule has 0 amide bonds. The molecule has 0 fully saturated rings. The number of nitrogens with one attached hydrogen (secondary N) is 1. The Morgan fingerprint density at radius 2 is 2.05 bits per heavy atom. The molecule has 0 aliphatic carbocycles. The molecule has 1 aromatic carbocycles. The lowest BCUT2D eigenvalue weighted by molar-refractivity contribution is 0.334. The summed E-state index contributed by atoms with van der Waals surface area (Å²) in [4.78, 5) is 0. The molecule has 0 saturated carbocycles. The van der Waals surface area contributed by atoms with Gasteiger partial charge in [-0.15, -0.1) is 0 Å². The van der Waals surface area contributed by atoms with Crippen molar-refractivity contribution in [2.24, 2.45) is 0 Å². The lowest BCUT2D eigenvalue weighted by Crippen LogP contribution is -2.17. The molecule has 0 aliphatic heterocycles. The van der Waals surface area contributed by atoms with Crippen LogP contribution in [0.1, 0.15) is 18.9 Å². The minimum atomic E-state index is -3.00. The smallest absolute Gasteiger partial charge is 0.153 e. The van der Waals surface area contributed by atoms with Crippen molar-refractivity contribution in [1.29, 1.82) is 0 Å². The number of halogens is 1. The number of hydrogen-bond donors (Lipinski definition) is 1. The summed E-state index contributed by atoms with van der Waals surface area (Å²) >= 11 is 3.43. The lowest BCUT2D eigenvalue weighted by atomic mass is 10.2. The molecule has 0 spiro atoms. The Bertz CT molecular complexity index is 503. The summed E-state index contributed by atoms with van der Waals surface area (Å²) in [5.74, 6) is 0.986. The predicted molar refractivity (Wildman–Crippen MR) is 81.3 cm³/mol. The summed E-state index contributed by atoms with van der Waals surface area (Å²) < 4.78 is 29.7. The van der Waals surface area contributed by atoms with E-state index in [1.165, 1.54) is 0 Å². The number of rotatable bonds is 8. The minimum absolute atomic E-state index is 0.0567. The van der Waals surface area contributed by atoms with Crippen LogP contribution in [0, 0.1) is 0 Å². The van der Waals surface area contributed by atoms with Gasteiger partial charge in [0.1, 0.15) is 12.4 Å². The van der Waals surface area contributed by atoms with E-state index >= 15 is 0 Å². The van der Waals surface area contributed by atoms with Gasteiger partial charge in [-0.05, 0) is 35.5 Å². The van der Waals surface area contributed by atoms with Gasteiger partial charge in [0, 0.05) is 12.1 Å². The van der Waals surface area contributed by atoms with E-state index in [-0.39, 0.29) is 18.1 Å². The van der Waals surface area contributed by atoms with Gasteiger partial charge < -0.3 is 10.1 Å². The van der Waals surface area contributed by atoms with E-state index in [2.05, 4.69) is 21.2 Å². The first-order valence-corrected chi connectivity index (χ1v) is 8.87. The Morgan fingerprint density at radius 3 is 2.68 bits per heavy atom. The monoisotopic (exact) mass is 349 g/mol. The maximum absolute atomic E-state index is 11.6. The van der Waals surface area contributed by atoms with Crippen molar-refractivity contribution in [2.45, 2.75) is 19.9 Å². The molecular weight excluding hydrogens is 330 g/mol. The largest absolute Gasteiger partial charge is 0.491 e. The first-order chi connectivity index (χ1) is 9.00. The number of ether oxygens (including phenoxy) is 1. The normalized spacial score (nSPS) is 11.5. The van der Waals surface area contributed by atoms with Crippen LogP contribution >= 0.6 is 15.9 Å². The molecule has 108 valence electrons. The van der Waals surface area contributed by atoms with Crippen LogP contribution in [0.5, 0.6) is 5.75 Å². The summed E-state index contributed by atoms with van der Waals surface area (Å²) in [5.41, 5.74) is 1.00. The zero-order valence-corrected chi connectivity index (χ0v) is 13.7. The summed E-state index contributed by atoms with van der Waals surface area (Å²) in [6.07, 6.45) is 0.641. The second kappa shape index (κ2) is 7.87. The van der Waals surface area contributed by atoms with E-state index in [1.54, 1.807) is 0 Å². The van der Waals surface area contributed by atoms with Gasteiger partial charge in [0.2, 0.25) is 0 Å². The van der Waals surface area contributed by atoms with Crippen LogP contribution in [0.15, 0.2) is 22.7 Å². The Kier molecular flexibility index (Phi) is 6.82. The maximum atomic E-state index is 11.6. The predicted octanol–water partition coefficient (Wildman–Crippen LogP) is 2.37. The summed E-state index contributed by atoms with van der Waals surface area (Å²) in [6, 6.07) is 5.77. The Hall–Kier alpha value is -0.590. The fourth-order valence-electron chi connectivity index (χ4n) is 1.73. The summed E-state index contributed by atoms with van der Waals surface area (Å²) in [6.45, 7) is 2.72. The highest BCUT2D eigenvalue weighted by molar-refractivity contribution is 9.10. The average Bonchev–Trinajstić information content (AvgIpc) is 2.33. The fraction of sp³-hybridized carbons (Fsp3) is 0.538. The molecule has 0 aliphatic rings. The molecule has 0 atom stereocenters.